The van der Waals surface area contributed by atoms with E-state index in [2.05, 4.69) is 5.32 Å². The monoisotopic (exact) mass is 289 g/mol. The minimum Gasteiger partial charge on any atom is -0.392 e. The lowest BCUT2D eigenvalue weighted by Crippen LogP contribution is -2.23. The number of rotatable bonds is 6. The average molecular weight is 289 g/mol. The Kier molecular flexibility index (Phi) is 6.24. The Bertz CT molecular complexity index is 427. The summed E-state index contributed by atoms with van der Waals surface area (Å²) in [7, 11) is 0. The summed E-state index contributed by atoms with van der Waals surface area (Å²) < 4.78 is 24.7. The van der Waals surface area contributed by atoms with Gasteiger partial charge in [-0.15, -0.1) is 0 Å². The molecule has 0 heterocycles. The Morgan fingerprint density at radius 2 is 2.00 bits per heavy atom. The maximum Gasteiger partial charge on any atom is 0.288 e. The normalized spacial score (nSPS) is 12.8. The third kappa shape index (κ3) is 5.57. The molecule has 19 heavy (non-hydrogen) atoms. The molecule has 1 unspecified atom stereocenters. The van der Waals surface area contributed by atoms with Gasteiger partial charge in [0.25, 0.3) is 5.76 Å². The van der Waals surface area contributed by atoms with Gasteiger partial charge in [0.2, 0.25) is 5.91 Å². The molecule has 0 fully saturated rings. The van der Waals surface area contributed by atoms with E-state index in [-0.39, 0.29) is 18.2 Å². The number of alkyl halides is 2. The Morgan fingerprint density at radius 1 is 1.37 bits per heavy atom. The Morgan fingerprint density at radius 3 is 2.58 bits per heavy atom. The fourth-order valence-corrected chi connectivity index (χ4v) is 1.99. The van der Waals surface area contributed by atoms with Crippen molar-refractivity contribution in [2.24, 2.45) is 5.92 Å². The second-order valence-electron chi connectivity index (χ2n) is 4.44. The summed E-state index contributed by atoms with van der Waals surface area (Å²) in [6.07, 6.45) is -0.791. The molecule has 1 aromatic carbocycles. The van der Waals surface area contributed by atoms with E-state index >= 15 is 0 Å². The van der Waals surface area contributed by atoms with E-state index in [1.165, 1.54) is 6.07 Å². The Hall–Kier alpha value is -1.14. The van der Waals surface area contributed by atoms with Crippen molar-refractivity contribution in [2.45, 2.75) is 37.0 Å². The molecular weight excluding hydrogens is 272 g/mol. The van der Waals surface area contributed by atoms with Crippen molar-refractivity contribution in [3.63, 3.8) is 0 Å². The number of para-hydroxylation sites is 1. The number of hydrogen-bond acceptors (Lipinski definition) is 3. The number of benzene rings is 1. The Labute approximate surface area is 115 Å². The second-order valence-corrected chi connectivity index (χ2v) is 5.47. The summed E-state index contributed by atoms with van der Waals surface area (Å²) in [6.45, 7) is 3.61. The molecule has 1 rings (SSSR count). The number of carbonyl (C=O) groups is 1. The molecule has 0 saturated carbocycles. The maximum absolute atomic E-state index is 12.4. The molecule has 0 aliphatic heterocycles. The molecule has 0 aliphatic carbocycles. The van der Waals surface area contributed by atoms with E-state index < -0.39 is 11.9 Å². The third-order valence-electron chi connectivity index (χ3n) is 2.54. The number of nitrogens with one attached hydrogen (secondary N) is 1. The molecule has 6 heteroatoms. The van der Waals surface area contributed by atoms with Crippen molar-refractivity contribution >= 4 is 23.4 Å². The molecule has 0 bridgehead atoms. The van der Waals surface area contributed by atoms with Gasteiger partial charge in [0.1, 0.15) is 0 Å². The molecule has 0 spiro atoms. The van der Waals surface area contributed by atoms with E-state index in [1.807, 2.05) is 0 Å². The van der Waals surface area contributed by atoms with Crippen LogP contribution in [0.15, 0.2) is 29.2 Å². The molecule has 3 nitrogen and oxygen atoms in total. The highest BCUT2D eigenvalue weighted by atomic mass is 32.2. The van der Waals surface area contributed by atoms with E-state index in [4.69, 9.17) is 0 Å². The molecule has 0 saturated heterocycles. The first-order valence-corrected chi connectivity index (χ1v) is 6.80. The minimum atomic E-state index is -2.54. The zero-order valence-corrected chi connectivity index (χ0v) is 11.6. The number of carbonyl (C=O) groups excluding carboxylic acids is 1. The van der Waals surface area contributed by atoms with Crippen LogP contribution in [0.4, 0.5) is 14.5 Å². The largest absolute Gasteiger partial charge is 0.392 e. The van der Waals surface area contributed by atoms with E-state index in [0.717, 1.165) is 0 Å². The molecule has 2 N–H and O–H groups in total. The summed E-state index contributed by atoms with van der Waals surface area (Å²) in [6, 6.07) is 6.36. The highest BCUT2D eigenvalue weighted by Crippen LogP contribution is 2.31. The van der Waals surface area contributed by atoms with Crippen LogP contribution in [-0.2, 0) is 4.79 Å². The van der Waals surface area contributed by atoms with Crippen molar-refractivity contribution in [1.82, 2.24) is 0 Å². The standard InChI is InChI=1S/C13H17F2NO2S/c1-8(2)10(17)7-12(18)16-9-5-3-4-6-11(9)19-13(14)15/h3-6,8,10,13,17H,7H2,1-2H3,(H,16,18). The van der Waals surface area contributed by atoms with Gasteiger partial charge in [0.05, 0.1) is 18.2 Å². The van der Waals surface area contributed by atoms with Crippen LogP contribution in [0.1, 0.15) is 20.3 Å². The molecular formula is C13H17F2NO2S. The van der Waals surface area contributed by atoms with E-state index in [9.17, 15) is 18.7 Å². The first-order chi connectivity index (χ1) is 8.90. The number of amides is 1. The lowest BCUT2D eigenvalue weighted by molar-refractivity contribution is -0.118. The number of halogens is 2. The lowest BCUT2D eigenvalue weighted by Gasteiger charge is -2.15. The number of aliphatic hydroxyl groups is 1. The SMILES string of the molecule is CC(C)C(O)CC(=O)Nc1ccccc1SC(F)F. The summed E-state index contributed by atoms with van der Waals surface area (Å²) in [5.74, 6) is -2.96. The number of thioether (sulfide) groups is 1. The van der Waals surface area contributed by atoms with Gasteiger partial charge in [0.15, 0.2) is 0 Å². The number of aliphatic hydroxyl groups excluding tert-OH is 1. The molecule has 0 radical (unpaired) electrons. The van der Waals surface area contributed by atoms with E-state index in [1.54, 1.807) is 32.0 Å². The summed E-state index contributed by atoms with van der Waals surface area (Å²) >= 11 is 0.382. The van der Waals surface area contributed by atoms with Gasteiger partial charge in [-0.1, -0.05) is 37.7 Å². The van der Waals surface area contributed by atoms with Gasteiger partial charge in [-0.05, 0) is 18.1 Å². The average Bonchev–Trinajstić information content (AvgIpc) is 2.30. The van der Waals surface area contributed by atoms with Crippen molar-refractivity contribution < 1.29 is 18.7 Å². The first kappa shape index (κ1) is 15.9. The van der Waals surface area contributed by atoms with Crippen LogP contribution in [0.5, 0.6) is 0 Å². The van der Waals surface area contributed by atoms with Crippen molar-refractivity contribution in [1.29, 1.82) is 0 Å². The minimum absolute atomic E-state index is 0.0311. The molecule has 0 aliphatic rings. The fraction of sp³-hybridized carbons (Fsp3) is 0.462. The number of hydrogen-bond donors (Lipinski definition) is 2. The highest BCUT2D eigenvalue weighted by Gasteiger charge is 2.16. The van der Waals surface area contributed by atoms with Crippen LogP contribution in [0.2, 0.25) is 0 Å². The Balaban J connectivity index is 2.68. The smallest absolute Gasteiger partial charge is 0.288 e. The van der Waals surface area contributed by atoms with Crippen LogP contribution in [0, 0.1) is 5.92 Å². The zero-order chi connectivity index (χ0) is 14.4. The quantitative estimate of drug-likeness (QED) is 0.790. The molecule has 1 atom stereocenters. The third-order valence-corrected chi connectivity index (χ3v) is 3.33. The first-order valence-electron chi connectivity index (χ1n) is 5.92. The second kappa shape index (κ2) is 7.45. The summed E-state index contributed by atoms with van der Waals surface area (Å²) in [5.41, 5.74) is 0.341. The van der Waals surface area contributed by atoms with Crippen LogP contribution in [0.25, 0.3) is 0 Å². The van der Waals surface area contributed by atoms with Gasteiger partial charge in [-0.3, -0.25) is 4.79 Å². The van der Waals surface area contributed by atoms with Crippen LogP contribution in [-0.4, -0.2) is 22.9 Å². The molecule has 0 aromatic heterocycles. The molecule has 1 aromatic rings. The highest BCUT2D eigenvalue weighted by molar-refractivity contribution is 7.99. The van der Waals surface area contributed by atoms with E-state index in [0.29, 0.717) is 22.3 Å². The lowest BCUT2D eigenvalue weighted by atomic mass is 10.0. The molecule has 106 valence electrons. The van der Waals surface area contributed by atoms with Gasteiger partial charge >= 0.3 is 0 Å². The van der Waals surface area contributed by atoms with Crippen LogP contribution < -0.4 is 5.32 Å². The maximum atomic E-state index is 12.4. The predicted molar refractivity (Wildman–Crippen MR) is 72.4 cm³/mol. The van der Waals surface area contributed by atoms with Gasteiger partial charge in [0, 0.05) is 4.90 Å². The van der Waals surface area contributed by atoms with Gasteiger partial charge in [-0.2, -0.15) is 8.78 Å². The van der Waals surface area contributed by atoms with Gasteiger partial charge < -0.3 is 10.4 Å². The van der Waals surface area contributed by atoms with Crippen LogP contribution in [0.3, 0.4) is 0 Å². The van der Waals surface area contributed by atoms with Crippen molar-refractivity contribution in [3.8, 4) is 0 Å². The molecule has 1 amide bonds. The van der Waals surface area contributed by atoms with Crippen LogP contribution >= 0.6 is 11.8 Å². The fourth-order valence-electron chi connectivity index (χ4n) is 1.40. The summed E-state index contributed by atoms with van der Waals surface area (Å²) in [4.78, 5) is 12.0. The number of anilines is 1. The van der Waals surface area contributed by atoms with Crippen molar-refractivity contribution in [3.05, 3.63) is 24.3 Å². The van der Waals surface area contributed by atoms with Gasteiger partial charge in [-0.25, -0.2) is 0 Å². The zero-order valence-electron chi connectivity index (χ0n) is 10.8. The van der Waals surface area contributed by atoms with Crippen molar-refractivity contribution in [2.75, 3.05) is 5.32 Å². The topological polar surface area (TPSA) is 49.3 Å². The predicted octanol–water partition coefficient (Wildman–Crippen LogP) is 3.35. The summed E-state index contributed by atoms with van der Waals surface area (Å²) in [5, 5.41) is 12.2.